The topological polar surface area (TPSA) is 55.6 Å². The number of hydrogen-bond acceptors (Lipinski definition) is 4. The van der Waals surface area contributed by atoms with Gasteiger partial charge in [0.15, 0.2) is 0 Å². The predicted octanol–water partition coefficient (Wildman–Crippen LogP) is 3.34. The van der Waals surface area contributed by atoms with Gasteiger partial charge >= 0.3 is 0 Å². The smallest absolute Gasteiger partial charge is 0.273 e. The van der Waals surface area contributed by atoms with Crippen LogP contribution in [0.1, 0.15) is 12.0 Å². The quantitative estimate of drug-likeness (QED) is 0.475. The highest BCUT2D eigenvalue weighted by Crippen LogP contribution is 2.34. The molecule has 0 aromatic heterocycles. The maximum Gasteiger partial charge on any atom is 0.273 e. The van der Waals surface area contributed by atoms with Crippen molar-refractivity contribution in [3.63, 3.8) is 0 Å². The SMILES string of the molecule is C=CCOC1CCN(c2cc(C)c([N+](=O)[O-])cc2Cl)C1. The molecular weight excluding hydrogens is 280 g/mol. The molecule has 5 nitrogen and oxygen atoms in total. The Morgan fingerprint density at radius 1 is 1.65 bits per heavy atom. The first kappa shape index (κ1) is 14.8. The van der Waals surface area contributed by atoms with Crippen molar-refractivity contribution in [1.82, 2.24) is 0 Å². The van der Waals surface area contributed by atoms with Gasteiger partial charge in [0.25, 0.3) is 5.69 Å². The lowest BCUT2D eigenvalue weighted by Crippen LogP contribution is -2.23. The Morgan fingerprint density at radius 2 is 2.40 bits per heavy atom. The van der Waals surface area contributed by atoms with Crippen molar-refractivity contribution >= 4 is 23.0 Å². The van der Waals surface area contributed by atoms with Gasteiger partial charge < -0.3 is 9.64 Å². The van der Waals surface area contributed by atoms with Crippen molar-refractivity contribution in [2.24, 2.45) is 0 Å². The number of aryl methyl sites for hydroxylation is 1. The minimum Gasteiger partial charge on any atom is -0.372 e. The van der Waals surface area contributed by atoms with Gasteiger partial charge in [0.1, 0.15) is 0 Å². The summed E-state index contributed by atoms with van der Waals surface area (Å²) in [6.07, 6.45) is 2.80. The van der Waals surface area contributed by atoms with Gasteiger partial charge in [-0.25, -0.2) is 0 Å². The largest absolute Gasteiger partial charge is 0.372 e. The Kier molecular flexibility index (Phi) is 4.62. The highest BCUT2D eigenvalue weighted by molar-refractivity contribution is 6.33. The molecule has 1 fully saturated rings. The standard InChI is InChI=1S/C14H17ClN2O3/c1-3-6-20-11-4-5-16(9-11)14-7-10(2)13(17(18)19)8-12(14)15/h3,7-8,11H,1,4-6,9H2,2H3. The summed E-state index contributed by atoms with van der Waals surface area (Å²) in [4.78, 5) is 12.6. The molecule has 0 radical (unpaired) electrons. The summed E-state index contributed by atoms with van der Waals surface area (Å²) in [6.45, 7) is 7.46. The van der Waals surface area contributed by atoms with Crippen LogP contribution in [0.3, 0.4) is 0 Å². The van der Waals surface area contributed by atoms with Gasteiger partial charge in [-0.3, -0.25) is 10.1 Å². The third-order valence-corrected chi connectivity index (χ3v) is 3.70. The summed E-state index contributed by atoms with van der Waals surface area (Å²) < 4.78 is 5.62. The molecule has 2 rings (SSSR count). The molecule has 1 aliphatic heterocycles. The van der Waals surface area contributed by atoms with Crippen LogP contribution in [-0.2, 0) is 4.74 Å². The Morgan fingerprint density at radius 3 is 3.05 bits per heavy atom. The van der Waals surface area contributed by atoms with E-state index in [4.69, 9.17) is 16.3 Å². The normalized spacial score (nSPS) is 18.3. The Labute approximate surface area is 122 Å². The van der Waals surface area contributed by atoms with E-state index in [1.807, 2.05) is 0 Å². The highest BCUT2D eigenvalue weighted by atomic mass is 35.5. The molecule has 0 spiro atoms. The number of nitro benzene ring substituents is 1. The lowest BCUT2D eigenvalue weighted by Gasteiger charge is -2.20. The maximum atomic E-state index is 10.9. The third kappa shape index (κ3) is 3.11. The van der Waals surface area contributed by atoms with Gasteiger partial charge in [0.05, 0.1) is 28.3 Å². The fourth-order valence-corrected chi connectivity index (χ4v) is 2.66. The first-order valence-electron chi connectivity index (χ1n) is 6.45. The third-order valence-electron chi connectivity index (χ3n) is 3.40. The van der Waals surface area contributed by atoms with Crippen LogP contribution in [0.15, 0.2) is 24.8 Å². The molecule has 0 bridgehead atoms. The average Bonchev–Trinajstić information content (AvgIpc) is 2.86. The fraction of sp³-hybridized carbons (Fsp3) is 0.429. The van der Waals surface area contributed by atoms with Crippen molar-refractivity contribution in [1.29, 1.82) is 0 Å². The molecule has 0 aliphatic carbocycles. The zero-order valence-corrected chi connectivity index (χ0v) is 12.1. The van der Waals surface area contributed by atoms with Gasteiger partial charge in [-0.05, 0) is 19.4 Å². The first-order valence-corrected chi connectivity index (χ1v) is 6.82. The van der Waals surface area contributed by atoms with E-state index < -0.39 is 4.92 Å². The molecule has 1 aromatic rings. The summed E-state index contributed by atoms with van der Waals surface area (Å²) in [5, 5.41) is 11.3. The van der Waals surface area contributed by atoms with Gasteiger partial charge in [-0.2, -0.15) is 0 Å². The van der Waals surface area contributed by atoms with E-state index in [2.05, 4.69) is 11.5 Å². The maximum absolute atomic E-state index is 10.9. The van der Waals surface area contributed by atoms with Crippen molar-refractivity contribution in [2.45, 2.75) is 19.4 Å². The van der Waals surface area contributed by atoms with Crippen molar-refractivity contribution in [3.8, 4) is 0 Å². The average molecular weight is 297 g/mol. The molecule has 1 saturated heterocycles. The van der Waals surface area contributed by atoms with Crippen LogP contribution in [0.25, 0.3) is 0 Å². The second-order valence-electron chi connectivity index (χ2n) is 4.83. The number of benzene rings is 1. The zero-order valence-electron chi connectivity index (χ0n) is 11.3. The highest BCUT2D eigenvalue weighted by Gasteiger charge is 2.26. The van der Waals surface area contributed by atoms with Crippen LogP contribution in [0.4, 0.5) is 11.4 Å². The summed E-state index contributed by atoms with van der Waals surface area (Å²) in [5.74, 6) is 0. The molecule has 1 aromatic carbocycles. The van der Waals surface area contributed by atoms with E-state index in [-0.39, 0.29) is 11.8 Å². The molecular formula is C14H17ClN2O3. The number of ether oxygens (including phenoxy) is 1. The minimum absolute atomic E-state index is 0.0532. The van der Waals surface area contributed by atoms with Crippen LogP contribution in [0.2, 0.25) is 5.02 Å². The molecule has 1 aliphatic rings. The Balaban J connectivity index is 2.16. The van der Waals surface area contributed by atoms with Crippen LogP contribution < -0.4 is 4.90 Å². The number of nitrogens with zero attached hydrogens (tertiary/aromatic N) is 2. The van der Waals surface area contributed by atoms with Crippen LogP contribution in [0.5, 0.6) is 0 Å². The Bertz CT molecular complexity index is 533. The van der Waals surface area contributed by atoms with E-state index in [1.165, 1.54) is 6.07 Å². The first-order chi connectivity index (χ1) is 9.52. The van der Waals surface area contributed by atoms with Gasteiger partial charge in [-0.1, -0.05) is 17.7 Å². The summed E-state index contributed by atoms with van der Waals surface area (Å²) >= 11 is 6.17. The van der Waals surface area contributed by atoms with Crippen LogP contribution in [0, 0.1) is 17.0 Å². The molecule has 0 saturated carbocycles. The van der Waals surface area contributed by atoms with E-state index in [0.29, 0.717) is 17.2 Å². The molecule has 108 valence electrons. The molecule has 1 unspecified atom stereocenters. The number of rotatable bonds is 5. The number of nitro groups is 1. The second-order valence-corrected chi connectivity index (χ2v) is 5.23. The molecule has 1 atom stereocenters. The van der Waals surface area contributed by atoms with E-state index in [1.54, 1.807) is 19.1 Å². The van der Waals surface area contributed by atoms with E-state index >= 15 is 0 Å². The predicted molar refractivity (Wildman–Crippen MR) is 79.6 cm³/mol. The summed E-state index contributed by atoms with van der Waals surface area (Å²) in [5.41, 5.74) is 1.50. The molecule has 20 heavy (non-hydrogen) atoms. The van der Waals surface area contributed by atoms with Crippen molar-refractivity contribution in [2.75, 3.05) is 24.6 Å². The molecule has 1 heterocycles. The minimum atomic E-state index is -0.412. The van der Waals surface area contributed by atoms with E-state index in [9.17, 15) is 10.1 Å². The van der Waals surface area contributed by atoms with Crippen LogP contribution in [-0.4, -0.2) is 30.7 Å². The number of hydrogen-bond donors (Lipinski definition) is 0. The van der Waals surface area contributed by atoms with Crippen LogP contribution >= 0.6 is 11.6 Å². The number of halogens is 1. The molecule has 6 heteroatoms. The molecule has 0 amide bonds. The van der Waals surface area contributed by atoms with Crippen molar-refractivity contribution < 1.29 is 9.66 Å². The zero-order chi connectivity index (χ0) is 14.7. The number of anilines is 1. The second kappa shape index (κ2) is 6.24. The van der Waals surface area contributed by atoms with E-state index in [0.717, 1.165) is 25.2 Å². The molecule has 0 N–H and O–H groups in total. The lowest BCUT2D eigenvalue weighted by molar-refractivity contribution is -0.385. The monoisotopic (exact) mass is 296 g/mol. The van der Waals surface area contributed by atoms with Crippen molar-refractivity contribution in [3.05, 3.63) is 45.5 Å². The van der Waals surface area contributed by atoms with Gasteiger partial charge in [-0.15, -0.1) is 6.58 Å². The van der Waals surface area contributed by atoms with Gasteiger partial charge in [0.2, 0.25) is 0 Å². The van der Waals surface area contributed by atoms with Gasteiger partial charge in [0, 0.05) is 24.7 Å². The Hall–Kier alpha value is -1.59. The summed E-state index contributed by atoms with van der Waals surface area (Å²) in [7, 11) is 0. The lowest BCUT2D eigenvalue weighted by atomic mass is 10.1. The fourth-order valence-electron chi connectivity index (χ4n) is 2.38. The summed E-state index contributed by atoms with van der Waals surface area (Å²) in [6, 6.07) is 3.19.